The summed E-state index contributed by atoms with van der Waals surface area (Å²) in [5.41, 5.74) is 0. The molecular formula is C27H59O4SZn-3. The van der Waals surface area contributed by atoms with Crippen molar-refractivity contribution in [2.45, 2.75) is 156 Å². The third-order valence-electron chi connectivity index (χ3n) is 4.81. The van der Waals surface area contributed by atoms with E-state index in [-0.39, 0.29) is 19.5 Å². The Balaban J connectivity index is -0.000000107. The van der Waals surface area contributed by atoms with E-state index < -0.39 is 10.4 Å². The summed E-state index contributed by atoms with van der Waals surface area (Å²) in [5.74, 6) is 0. The van der Waals surface area contributed by atoms with E-state index in [0.29, 0.717) is 0 Å². The molecule has 0 aromatic rings. The molecule has 0 aromatic carbocycles. The van der Waals surface area contributed by atoms with Crippen LogP contribution in [0.1, 0.15) is 156 Å². The monoisotopic (exact) mass is 543 g/mol. The quantitative estimate of drug-likeness (QED) is 0.0778. The van der Waals surface area contributed by atoms with Gasteiger partial charge in [-0.25, -0.2) is 0 Å². The van der Waals surface area contributed by atoms with Gasteiger partial charge in [0.15, 0.2) is 0 Å². The summed E-state index contributed by atoms with van der Waals surface area (Å²) < 4.78 is 31.6. The van der Waals surface area contributed by atoms with Crippen LogP contribution in [0.2, 0.25) is 0 Å². The largest absolute Gasteiger partial charge is 0.394 e. The minimum Gasteiger partial charge on any atom is -0.343 e. The smallest absolute Gasteiger partial charge is 0.343 e. The molecule has 0 unspecified atom stereocenters. The average molecular weight is 545 g/mol. The van der Waals surface area contributed by atoms with Gasteiger partial charge in [0.2, 0.25) is 0 Å². The molecule has 2 N–H and O–H groups in total. The summed E-state index contributed by atoms with van der Waals surface area (Å²) in [6, 6.07) is 0. The van der Waals surface area contributed by atoms with Crippen LogP contribution in [-0.2, 0) is 29.9 Å². The van der Waals surface area contributed by atoms with Gasteiger partial charge in [0.25, 0.3) is 0 Å². The second kappa shape index (κ2) is 42.6. The maximum atomic E-state index is 8.74. The number of rotatable bonds is 18. The summed E-state index contributed by atoms with van der Waals surface area (Å²) in [4.78, 5) is 0. The van der Waals surface area contributed by atoms with Gasteiger partial charge in [0.1, 0.15) is 0 Å². The van der Waals surface area contributed by atoms with Crippen molar-refractivity contribution >= 4 is 10.4 Å². The Morgan fingerprint density at radius 2 is 0.606 bits per heavy atom. The second-order valence-electron chi connectivity index (χ2n) is 8.31. The van der Waals surface area contributed by atoms with Crippen LogP contribution in [0.25, 0.3) is 0 Å². The van der Waals surface area contributed by atoms with E-state index in [1.54, 1.807) is 0 Å². The molecule has 0 aliphatic heterocycles. The minimum atomic E-state index is -4.67. The van der Waals surface area contributed by atoms with E-state index in [4.69, 9.17) is 17.5 Å². The Hall–Kier alpha value is 0.493. The van der Waals surface area contributed by atoms with Gasteiger partial charge in [0, 0.05) is 19.5 Å². The Morgan fingerprint density at radius 1 is 0.455 bits per heavy atom. The number of hydrogen-bond donors (Lipinski definition) is 2. The van der Waals surface area contributed by atoms with E-state index in [0.717, 1.165) is 19.3 Å². The van der Waals surface area contributed by atoms with Crippen molar-refractivity contribution in [3.63, 3.8) is 0 Å². The molecule has 0 amide bonds. The predicted octanol–water partition coefficient (Wildman–Crippen LogP) is 10.1. The van der Waals surface area contributed by atoms with Crippen molar-refractivity contribution in [1.29, 1.82) is 0 Å². The van der Waals surface area contributed by atoms with Gasteiger partial charge in [-0.1, -0.05) is 136 Å². The molecule has 0 aliphatic carbocycles. The molecule has 0 spiro atoms. The van der Waals surface area contributed by atoms with Gasteiger partial charge in [-0.3, -0.25) is 9.11 Å². The second-order valence-corrected chi connectivity index (χ2v) is 9.21. The summed E-state index contributed by atoms with van der Waals surface area (Å²) in [6.07, 6.45) is 28.3. The molecule has 0 saturated carbocycles. The van der Waals surface area contributed by atoms with Crippen molar-refractivity contribution in [2.24, 2.45) is 0 Å². The fraction of sp³-hybridized carbons (Fsp3) is 0.889. The molecule has 33 heavy (non-hydrogen) atoms. The van der Waals surface area contributed by atoms with E-state index >= 15 is 0 Å². The number of hydrogen-bond acceptors (Lipinski definition) is 2. The SMILES string of the molecule is O=S(=O)(O)O.[CH2-]CCCCCCCC.[CH2-]CCCCCCCC.[CH2-]CCCCCCCC.[Zn]. The Morgan fingerprint density at radius 3 is 0.758 bits per heavy atom. The van der Waals surface area contributed by atoms with Crippen LogP contribution in [0.3, 0.4) is 0 Å². The molecule has 0 atom stereocenters. The molecule has 0 fully saturated rings. The average Bonchev–Trinajstić information content (AvgIpc) is 2.73. The molecule has 4 nitrogen and oxygen atoms in total. The van der Waals surface area contributed by atoms with Crippen LogP contribution < -0.4 is 0 Å². The van der Waals surface area contributed by atoms with Crippen molar-refractivity contribution in [3.05, 3.63) is 20.8 Å². The van der Waals surface area contributed by atoms with Gasteiger partial charge < -0.3 is 20.8 Å². The molecule has 0 rings (SSSR count). The fourth-order valence-electron chi connectivity index (χ4n) is 2.87. The zero-order valence-corrected chi connectivity index (χ0v) is 26.6. The molecule has 0 aliphatic rings. The first-order chi connectivity index (χ1) is 15.2. The molecule has 0 aromatic heterocycles. The van der Waals surface area contributed by atoms with Crippen molar-refractivity contribution < 1.29 is 37.0 Å². The van der Waals surface area contributed by atoms with Crippen LogP contribution in [0, 0.1) is 20.8 Å². The Labute approximate surface area is 223 Å². The molecule has 0 heterocycles. The van der Waals surface area contributed by atoms with E-state index in [9.17, 15) is 0 Å². The molecule has 0 radical (unpaired) electrons. The van der Waals surface area contributed by atoms with Crippen LogP contribution in [0.15, 0.2) is 0 Å². The summed E-state index contributed by atoms with van der Waals surface area (Å²) in [6.45, 7) is 18.2. The zero-order chi connectivity index (χ0) is 25.3. The molecule has 202 valence electrons. The molecule has 6 heteroatoms. The predicted molar refractivity (Wildman–Crippen MR) is 144 cm³/mol. The first-order valence-corrected chi connectivity index (χ1v) is 14.7. The van der Waals surface area contributed by atoms with Gasteiger partial charge in [0.05, 0.1) is 0 Å². The molecule has 0 bridgehead atoms. The van der Waals surface area contributed by atoms with Gasteiger partial charge >= 0.3 is 10.4 Å². The summed E-state index contributed by atoms with van der Waals surface area (Å²) in [7, 11) is -4.67. The van der Waals surface area contributed by atoms with Gasteiger partial charge in [-0.2, -0.15) is 27.7 Å². The first kappa shape index (κ1) is 43.6. The topological polar surface area (TPSA) is 74.6 Å². The first-order valence-electron chi connectivity index (χ1n) is 13.3. The molecule has 0 saturated heterocycles. The Bertz CT molecular complexity index is 317. The van der Waals surface area contributed by atoms with Crippen LogP contribution in [-0.4, -0.2) is 17.5 Å². The zero-order valence-electron chi connectivity index (χ0n) is 22.8. The van der Waals surface area contributed by atoms with Crippen molar-refractivity contribution in [2.75, 3.05) is 0 Å². The van der Waals surface area contributed by atoms with E-state index in [1.165, 1.54) is 116 Å². The van der Waals surface area contributed by atoms with E-state index in [1.807, 2.05) is 0 Å². The van der Waals surface area contributed by atoms with Crippen LogP contribution in [0.5, 0.6) is 0 Å². The fourth-order valence-corrected chi connectivity index (χ4v) is 2.87. The minimum absolute atomic E-state index is 0. The third-order valence-corrected chi connectivity index (χ3v) is 4.81. The Kier molecular flexibility index (Phi) is 56.3. The molecular weight excluding hydrogens is 486 g/mol. The number of unbranched alkanes of at least 4 members (excludes halogenated alkanes) is 18. The van der Waals surface area contributed by atoms with Crippen molar-refractivity contribution in [1.82, 2.24) is 0 Å². The maximum Gasteiger partial charge on any atom is 0.394 e. The maximum absolute atomic E-state index is 8.74. The van der Waals surface area contributed by atoms with Crippen LogP contribution >= 0.6 is 0 Å². The normalized spacial score (nSPS) is 9.94. The summed E-state index contributed by atoms with van der Waals surface area (Å²) >= 11 is 0. The standard InChI is InChI=1S/3C9H19.H2O4S.Zn/c3*1-3-5-7-9-8-6-4-2;1-5(2,3)4;/h3*1,3-9H2,2H3;(H2,1,2,3,4);/q3*-1;;. The van der Waals surface area contributed by atoms with Gasteiger partial charge in [-0.05, 0) is 0 Å². The van der Waals surface area contributed by atoms with E-state index in [2.05, 4.69) is 41.5 Å². The van der Waals surface area contributed by atoms with Crippen LogP contribution in [0.4, 0.5) is 0 Å². The van der Waals surface area contributed by atoms with Gasteiger partial charge in [-0.15, -0.1) is 0 Å². The third kappa shape index (κ3) is 88.3. The van der Waals surface area contributed by atoms with Crippen molar-refractivity contribution in [3.8, 4) is 0 Å². The summed E-state index contributed by atoms with van der Waals surface area (Å²) in [5, 5.41) is 0.